The number of hydrogen-bond donors (Lipinski definition) is 0. The van der Waals surface area contributed by atoms with Gasteiger partial charge in [0.05, 0.1) is 11.0 Å². The summed E-state index contributed by atoms with van der Waals surface area (Å²) in [5.41, 5.74) is 9.54. The largest absolute Gasteiger partial charge is 0.279 e. The Balaban J connectivity index is 1.38. The van der Waals surface area contributed by atoms with E-state index in [9.17, 15) is 4.79 Å². The first-order valence-electron chi connectivity index (χ1n) is 15.2. The van der Waals surface area contributed by atoms with E-state index in [0.29, 0.717) is 33.8 Å². The molecule has 0 saturated heterocycles. The molecule has 0 unspecified atom stereocenters. The zero-order chi connectivity index (χ0) is 30.0. The van der Waals surface area contributed by atoms with E-state index >= 15 is 0 Å². The molecule has 0 spiro atoms. The predicted molar refractivity (Wildman–Crippen MR) is 181 cm³/mol. The van der Waals surface area contributed by atoms with Crippen LogP contribution in [0, 0.1) is 0 Å². The van der Waals surface area contributed by atoms with E-state index in [-0.39, 0.29) is 11.0 Å². The molecule has 6 nitrogen and oxygen atoms in total. The second-order valence-corrected chi connectivity index (χ2v) is 12.5. The van der Waals surface area contributed by atoms with Crippen LogP contribution in [0.3, 0.4) is 0 Å². The predicted octanol–water partition coefficient (Wildman–Crippen LogP) is 8.30. The molecule has 4 aromatic heterocycles. The number of benzene rings is 5. The van der Waals surface area contributed by atoms with E-state index in [1.807, 2.05) is 60.7 Å². The maximum absolute atomic E-state index is 14.4. The minimum absolute atomic E-state index is 0.133. The molecule has 0 aliphatic heterocycles. The Kier molecular flexibility index (Phi) is 4.58. The fourth-order valence-electron chi connectivity index (χ4n) is 7.59. The highest BCUT2D eigenvalue weighted by Gasteiger charge is 2.36. The van der Waals surface area contributed by atoms with Gasteiger partial charge in [-0.15, -0.1) is 0 Å². The minimum Gasteiger partial charge on any atom is -0.279 e. The van der Waals surface area contributed by atoms with E-state index in [2.05, 4.69) is 73.0 Å². The number of hydrogen-bond acceptors (Lipinski definition) is 4. The third-order valence-electron chi connectivity index (χ3n) is 9.72. The normalized spacial score (nSPS) is 13.8. The first kappa shape index (κ1) is 24.6. The Labute approximate surface area is 257 Å². The lowest BCUT2D eigenvalue weighted by molar-refractivity contribution is 0.661. The van der Waals surface area contributed by atoms with Crippen molar-refractivity contribution in [1.29, 1.82) is 0 Å². The van der Waals surface area contributed by atoms with Gasteiger partial charge in [0, 0.05) is 32.5 Å². The number of pyridine rings is 1. The van der Waals surface area contributed by atoms with Gasteiger partial charge in [0.15, 0.2) is 11.5 Å². The van der Waals surface area contributed by atoms with Gasteiger partial charge in [-0.05, 0) is 46.5 Å². The topological polar surface area (TPSA) is 65.1 Å². The maximum atomic E-state index is 14.4. The van der Waals surface area contributed by atoms with Gasteiger partial charge in [0.1, 0.15) is 11.0 Å². The summed E-state index contributed by atoms with van der Waals surface area (Å²) in [7, 11) is 0. The average Bonchev–Trinajstić information content (AvgIpc) is 3.69. The number of rotatable bonds is 2. The van der Waals surface area contributed by atoms with Crippen LogP contribution in [0.2, 0.25) is 0 Å². The SMILES string of the molecule is CC1(C)c2ccccc2-c2cc3c4ccccc4n(-c4nc5nc(-c6ccccc6)nc6c7ccccc7c(=O)n4c56)c3cc21. The lowest BCUT2D eigenvalue weighted by Crippen LogP contribution is -2.17. The van der Waals surface area contributed by atoms with Crippen LogP contribution in [0.4, 0.5) is 0 Å². The van der Waals surface area contributed by atoms with Crippen LogP contribution in [0.1, 0.15) is 25.0 Å². The Hall–Kier alpha value is -5.88. The van der Waals surface area contributed by atoms with Crippen molar-refractivity contribution in [2.45, 2.75) is 19.3 Å². The Bertz CT molecular complexity index is 2760. The van der Waals surface area contributed by atoms with Crippen molar-refractivity contribution in [3.63, 3.8) is 0 Å². The van der Waals surface area contributed by atoms with Gasteiger partial charge < -0.3 is 0 Å². The Morgan fingerprint density at radius 1 is 0.600 bits per heavy atom. The van der Waals surface area contributed by atoms with Crippen LogP contribution >= 0.6 is 0 Å². The second-order valence-electron chi connectivity index (χ2n) is 12.5. The molecule has 5 aromatic carbocycles. The van der Waals surface area contributed by atoms with Crippen molar-refractivity contribution in [3.8, 4) is 28.5 Å². The van der Waals surface area contributed by atoms with E-state index in [0.717, 1.165) is 32.8 Å². The third kappa shape index (κ3) is 3.08. The van der Waals surface area contributed by atoms with E-state index in [1.165, 1.54) is 22.3 Å². The smallest absolute Gasteiger partial charge is 0.266 e. The van der Waals surface area contributed by atoms with Crippen LogP contribution < -0.4 is 5.56 Å². The molecule has 0 N–H and O–H groups in total. The zero-order valence-electron chi connectivity index (χ0n) is 24.6. The number of aromatic nitrogens is 5. The molecule has 10 rings (SSSR count). The summed E-state index contributed by atoms with van der Waals surface area (Å²) in [6.45, 7) is 4.58. The molecular weight excluding hydrogens is 554 g/mol. The summed E-state index contributed by atoms with van der Waals surface area (Å²) in [6.07, 6.45) is 0. The zero-order valence-corrected chi connectivity index (χ0v) is 24.6. The Morgan fingerprint density at radius 2 is 1.31 bits per heavy atom. The summed E-state index contributed by atoms with van der Waals surface area (Å²) < 4.78 is 3.87. The van der Waals surface area contributed by atoms with Gasteiger partial charge in [-0.3, -0.25) is 9.36 Å². The molecular formula is C39H25N5O. The molecule has 0 atom stereocenters. The van der Waals surface area contributed by atoms with Gasteiger partial charge in [-0.25, -0.2) is 14.4 Å². The summed E-state index contributed by atoms with van der Waals surface area (Å²) >= 11 is 0. The van der Waals surface area contributed by atoms with Crippen molar-refractivity contribution >= 4 is 49.3 Å². The molecule has 45 heavy (non-hydrogen) atoms. The molecule has 1 aliphatic rings. The molecule has 0 fully saturated rings. The fraction of sp³-hybridized carbons (Fsp3) is 0.0769. The lowest BCUT2D eigenvalue weighted by Gasteiger charge is -2.21. The van der Waals surface area contributed by atoms with E-state index in [1.54, 1.807) is 4.40 Å². The van der Waals surface area contributed by atoms with Crippen LogP contribution in [0.15, 0.2) is 120 Å². The molecule has 0 radical (unpaired) electrons. The van der Waals surface area contributed by atoms with Gasteiger partial charge in [-0.2, -0.15) is 4.98 Å². The fourth-order valence-corrected chi connectivity index (χ4v) is 7.59. The van der Waals surface area contributed by atoms with Crippen molar-refractivity contribution in [1.82, 2.24) is 23.9 Å². The molecule has 0 bridgehead atoms. The summed E-state index contributed by atoms with van der Waals surface area (Å²) in [5.74, 6) is 1.10. The van der Waals surface area contributed by atoms with Gasteiger partial charge in [0.25, 0.3) is 5.56 Å². The summed E-state index contributed by atoms with van der Waals surface area (Å²) in [5, 5.41) is 3.63. The first-order chi connectivity index (χ1) is 22.0. The number of imidazole rings is 1. The molecule has 1 aliphatic carbocycles. The quantitative estimate of drug-likeness (QED) is 0.193. The molecule has 0 amide bonds. The van der Waals surface area contributed by atoms with Gasteiger partial charge in [-0.1, -0.05) is 105 Å². The summed E-state index contributed by atoms with van der Waals surface area (Å²) in [4.78, 5) is 29.6. The van der Waals surface area contributed by atoms with E-state index < -0.39 is 0 Å². The molecule has 4 heterocycles. The highest BCUT2D eigenvalue weighted by atomic mass is 16.1. The molecule has 212 valence electrons. The van der Waals surface area contributed by atoms with Crippen molar-refractivity contribution in [2.24, 2.45) is 0 Å². The molecule has 0 saturated carbocycles. The second kappa shape index (κ2) is 8.39. The number of para-hydroxylation sites is 1. The molecule has 6 heteroatoms. The average molecular weight is 580 g/mol. The third-order valence-corrected chi connectivity index (χ3v) is 9.72. The highest BCUT2D eigenvalue weighted by Crippen LogP contribution is 2.51. The van der Waals surface area contributed by atoms with Crippen LogP contribution in [0.5, 0.6) is 0 Å². The van der Waals surface area contributed by atoms with Gasteiger partial charge in [0.2, 0.25) is 5.95 Å². The van der Waals surface area contributed by atoms with Crippen molar-refractivity contribution < 1.29 is 0 Å². The number of fused-ring (bicyclic) bond motifs is 8. The molecule has 9 aromatic rings. The van der Waals surface area contributed by atoms with Crippen molar-refractivity contribution in [3.05, 3.63) is 137 Å². The Morgan fingerprint density at radius 3 is 2.16 bits per heavy atom. The monoisotopic (exact) mass is 579 g/mol. The standard InChI is InChI=1S/C39H25N5O/c1-39(2)29-18-10-8-14-23(29)27-20-28-24-15-9-11-19-31(24)43(32(28)21-30(27)39)38-42-36-34-33(40-35(41-36)22-12-4-3-5-13-22)25-16-6-7-17-26(25)37(45)44(34)38/h3-21H,1-2H3. The number of nitrogens with zero attached hydrogens (tertiary/aromatic N) is 5. The maximum Gasteiger partial charge on any atom is 0.266 e. The van der Waals surface area contributed by atoms with E-state index in [4.69, 9.17) is 15.0 Å². The van der Waals surface area contributed by atoms with Crippen molar-refractivity contribution in [2.75, 3.05) is 0 Å². The first-order valence-corrected chi connectivity index (χ1v) is 15.2. The summed E-state index contributed by atoms with van der Waals surface area (Å²) in [6, 6.07) is 39.3. The minimum atomic E-state index is -0.176. The van der Waals surface area contributed by atoms with Crippen LogP contribution in [0.25, 0.3) is 77.7 Å². The highest BCUT2D eigenvalue weighted by molar-refractivity contribution is 6.12. The van der Waals surface area contributed by atoms with Crippen LogP contribution in [-0.4, -0.2) is 23.9 Å². The van der Waals surface area contributed by atoms with Gasteiger partial charge >= 0.3 is 0 Å². The van der Waals surface area contributed by atoms with Crippen LogP contribution in [-0.2, 0) is 5.41 Å². The lowest BCUT2D eigenvalue weighted by atomic mass is 9.82.